The molecule has 4 saturated carbocycles. The van der Waals surface area contributed by atoms with E-state index in [1.807, 2.05) is 0 Å². The van der Waals surface area contributed by atoms with Gasteiger partial charge in [-0.25, -0.2) is 0 Å². The monoisotopic (exact) mass is 381 g/mol. The largest absolute Gasteiger partial charge is 0.330 e. The molecule has 8 atom stereocenters. The summed E-state index contributed by atoms with van der Waals surface area (Å²) in [7, 11) is 0. The Labute approximate surface area is 169 Å². The summed E-state index contributed by atoms with van der Waals surface area (Å²) in [5.41, 5.74) is 7.15. The summed E-state index contributed by atoms with van der Waals surface area (Å²) in [4.78, 5) is 0. The lowest BCUT2D eigenvalue weighted by molar-refractivity contribution is -0.114. The summed E-state index contributed by atoms with van der Waals surface area (Å²) in [6.45, 7) is 8.84. The number of rotatable bonds is 4. The van der Waals surface area contributed by atoms with Gasteiger partial charge in [-0.15, -0.1) is 12.4 Å². The summed E-state index contributed by atoms with van der Waals surface area (Å²) < 4.78 is 0. The van der Waals surface area contributed by atoms with E-state index in [4.69, 9.17) is 5.73 Å². The van der Waals surface area contributed by atoms with E-state index in [2.05, 4.69) is 20.8 Å². The summed E-state index contributed by atoms with van der Waals surface area (Å²) in [5.74, 6) is 6.08. The van der Waals surface area contributed by atoms with Crippen molar-refractivity contribution in [2.75, 3.05) is 6.54 Å². The fourth-order valence-corrected chi connectivity index (χ4v) is 8.91. The third-order valence-corrected chi connectivity index (χ3v) is 10.2. The van der Waals surface area contributed by atoms with E-state index in [0.717, 1.165) is 42.1 Å². The lowest BCUT2D eigenvalue weighted by Gasteiger charge is -2.61. The number of hydrogen-bond acceptors (Lipinski definition) is 1. The molecule has 0 saturated heterocycles. The Kier molecular flexibility index (Phi) is 6.40. The van der Waals surface area contributed by atoms with Crippen LogP contribution >= 0.6 is 12.4 Å². The van der Waals surface area contributed by atoms with Gasteiger partial charge in [0.25, 0.3) is 0 Å². The molecule has 2 heteroatoms. The molecule has 0 aromatic rings. The average molecular weight is 382 g/mol. The molecule has 152 valence electrons. The van der Waals surface area contributed by atoms with Gasteiger partial charge in [-0.2, -0.15) is 0 Å². The Hall–Kier alpha value is 0.250. The van der Waals surface area contributed by atoms with Crippen molar-refractivity contribution in [1.29, 1.82) is 0 Å². The molecule has 2 N–H and O–H groups in total. The maximum atomic E-state index is 5.80. The molecule has 4 aliphatic rings. The molecule has 0 spiro atoms. The second-order valence-electron chi connectivity index (χ2n) is 11.0. The molecule has 1 nitrogen and oxygen atoms in total. The second-order valence-corrected chi connectivity index (χ2v) is 11.0. The zero-order valence-electron chi connectivity index (χ0n) is 17.6. The highest BCUT2D eigenvalue weighted by Crippen LogP contribution is 2.68. The van der Waals surface area contributed by atoms with Crippen molar-refractivity contribution in [3.05, 3.63) is 0 Å². The van der Waals surface area contributed by atoms with Gasteiger partial charge in [-0.1, -0.05) is 33.6 Å². The third-order valence-electron chi connectivity index (χ3n) is 10.2. The van der Waals surface area contributed by atoms with Gasteiger partial charge in [-0.05, 0) is 117 Å². The molecule has 0 aromatic heterocycles. The highest BCUT2D eigenvalue weighted by Gasteiger charge is 2.59. The minimum atomic E-state index is 0. The Bertz CT molecular complexity index is 479. The lowest BCUT2D eigenvalue weighted by atomic mass is 9.44. The third kappa shape index (κ3) is 3.18. The van der Waals surface area contributed by atoms with Gasteiger partial charge in [0.15, 0.2) is 0 Å². The van der Waals surface area contributed by atoms with Crippen molar-refractivity contribution >= 4 is 12.4 Å². The van der Waals surface area contributed by atoms with Crippen molar-refractivity contribution < 1.29 is 0 Å². The maximum Gasteiger partial charge on any atom is -0.00772 e. The molecular weight excluding hydrogens is 338 g/mol. The predicted molar refractivity (Wildman–Crippen MR) is 115 cm³/mol. The standard InChI is InChI=1S/C24H43N.ClH/c1-17(7-6-16-25)20-11-12-21-19-10-9-18-8-4-5-14-23(18,2)22(19)13-15-24(20,21)3;/h17-22H,4-16,25H2,1-3H3;1H/t17-,18?,19+,20-,21+,22+,23+,24-;/m1./s1. The van der Waals surface area contributed by atoms with Gasteiger partial charge in [0, 0.05) is 0 Å². The fourth-order valence-electron chi connectivity index (χ4n) is 8.91. The van der Waals surface area contributed by atoms with Crippen LogP contribution in [0.2, 0.25) is 0 Å². The molecular formula is C24H44ClN. The molecule has 0 heterocycles. The normalized spacial score (nSPS) is 48.7. The summed E-state index contributed by atoms with van der Waals surface area (Å²) in [5, 5.41) is 0. The van der Waals surface area contributed by atoms with Gasteiger partial charge in [0.05, 0.1) is 0 Å². The van der Waals surface area contributed by atoms with Crippen LogP contribution in [0, 0.1) is 46.3 Å². The molecule has 0 aliphatic heterocycles. The Morgan fingerprint density at radius 3 is 2.42 bits per heavy atom. The number of nitrogens with two attached hydrogens (primary N) is 1. The van der Waals surface area contributed by atoms with Crippen LogP contribution in [0.4, 0.5) is 0 Å². The predicted octanol–water partition coefficient (Wildman–Crippen LogP) is 6.83. The lowest BCUT2D eigenvalue weighted by Crippen LogP contribution is -2.53. The van der Waals surface area contributed by atoms with E-state index in [-0.39, 0.29) is 12.4 Å². The van der Waals surface area contributed by atoms with Gasteiger partial charge < -0.3 is 5.73 Å². The van der Waals surface area contributed by atoms with Crippen molar-refractivity contribution in [2.24, 2.45) is 52.1 Å². The quantitative estimate of drug-likeness (QED) is 0.567. The van der Waals surface area contributed by atoms with E-state index < -0.39 is 0 Å². The molecule has 4 rings (SSSR count). The molecule has 0 aromatic carbocycles. The SMILES string of the molecule is C[C@H](CCCN)[C@H]1CC[C@H]2[C@@H]3CCC4CCCC[C@]4(C)[C@H]3CC[C@]12C.Cl. The molecule has 0 radical (unpaired) electrons. The van der Waals surface area contributed by atoms with Crippen LogP contribution in [0.5, 0.6) is 0 Å². The van der Waals surface area contributed by atoms with E-state index in [0.29, 0.717) is 10.8 Å². The molecule has 26 heavy (non-hydrogen) atoms. The van der Waals surface area contributed by atoms with Crippen LogP contribution in [0.3, 0.4) is 0 Å². The Morgan fingerprint density at radius 2 is 1.65 bits per heavy atom. The first-order valence-corrected chi connectivity index (χ1v) is 11.7. The van der Waals surface area contributed by atoms with Crippen molar-refractivity contribution in [1.82, 2.24) is 0 Å². The van der Waals surface area contributed by atoms with Crippen molar-refractivity contribution in [2.45, 2.75) is 97.8 Å². The fraction of sp³-hybridized carbons (Fsp3) is 1.00. The molecule has 4 aliphatic carbocycles. The van der Waals surface area contributed by atoms with Crippen LogP contribution in [0.25, 0.3) is 0 Å². The Morgan fingerprint density at radius 1 is 0.885 bits per heavy atom. The average Bonchev–Trinajstić information content (AvgIpc) is 2.96. The number of fused-ring (bicyclic) bond motifs is 5. The zero-order chi connectivity index (χ0) is 17.7. The highest BCUT2D eigenvalue weighted by atomic mass is 35.5. The molecule has 1 unspecified atom stereocenters. The zero-order valence-corrected chi connectivity index (χ0v) is 18.5. The summed E-state index contributed by atoms with van der Waals surface area (Å²) in [6.07, 6.45) is 17.9. The van der Waals surface area contributed by atoms with Gasteiger partial charge in [0.1, 0.15) is 0 Å². The molecule has 0 amide bonds. The topological polar surface area (TPSA) is 26.0 Å². The van der Waals surface area contributed by atoms with Crippen LogP contribution in [-0.2, 0) is 0 Å². The van der Waals surface area contributed by atoms with Crippen LogP contribution in [0.15, 0.2) is 0 Å². The smallest absolute Gasteiger partial charge is 0.00772 e. The summed E-state index contributed by atoms with van der Waals surface area (Å²) in [6, 6.07) is 0. The van der Waals surface area contributed by atoms with E-state index in [1.165, 1.54) is 44.9 Å². The first-order valence-electron chi connectivity index (χ1n) is 11.7. The van der Waals surface area contributed by atoms with Gasteiger partial charge in [0.2, 0.25) is 0 Å². The van der Waals surface area contributed by atoms with Crippen LogP contribution in [0.1, 0.15) is 97.8 Å². The van der Waals surface area contributed by atoms with E-state index in [9.17, 15) is 0 Å². The first-order chi connectivity index (χ1) is 12.0. The minimum absolute atomic E-state index is 0. The van der Waals surface area contributed by atoms with Crippen molar-refractivity contribution in [3.8, 4) is 0 Å². The van der Waals surface area contributed by atoms with Crippen LogP contribution in [-0.4, -0.2) is 6.54 Å². The highest BCUT2D eigenvalue weighted by molar-refractivity contribution is 5.85. The molecule has 0 bridgehead atoms. The molecule has 4 fully saturated rings. The first kappa shape index (κ1) is 21.0. The summed E-state index contributed by atoms with van der Waals surface area (Å²) >= 11 is 0. The second kappa shape index (κ2) is 7.94. The van der Waals surface area contributed by atoms with Crippen LogP contribution < -0.4 is 5.73 Å². The number of hydrogen-bond donors (Lipinski definition) is 1. The van der Waals surface area contributed by atoms with Gasteiger partial charge >= 0.3 is 0 Å². The Balaban J connectivity index is 0.00000196. The maximum absolute atomic E-state index is 5.80. The minimum Gasteiger partial charge on any atom is -0.330 e. The van der Waals surface area contributed by atoms with Crippen molar-refractivity contribution in [3.63, 3.8) is 0 Å². The van der Waals surface area contributed by atoms with E-state index >= 15 is 0 Å². The number of halogens is 1. The van der Waals surface area contributed by atoms with E-state index in [1.54, 1.807) is 32.1 Å². The van der Waals surface area contributed by atoms with Gasteiger partial charge in [-0.3, -0.25) is 0 Å².